The van der Waals surface area contributed by atoms with Crippen LogP contribution in [0.5, 0.6) is 17.2 Å². The Morgan fingerprint density at radius 1 is 0.808 bits per heavy atom. The summed E-state index contributed by atoms with van der Waals surface area (Å²) in [5, 5.41) is 2.88. The van der Waals surface area contributed by atoms with Crippen molar-refractivity contribution in [2.75, 3.05) is 5.32 Å². The third kappa shape index (κ3) is 4.86. The maximum atomic E-state index is 12.4. The SMILES string of the molecule is CC(C)Oc1cccc(C(=O)Nc2ccc(Oc3ccccc3)cc2)c1. The number of amides is 1. The van der Waals surface area contributed by atoms with E-state index in [0.29, 0.717) is 22.7 Å². The largest absolute Gasteiger partial charge is 0.491 e. The third-order valence-corrected chi connectivity index (χ3v) is 3.56. The van der Waals surface area contributed by atoms with Gasteiger partial charge in [-0.2, -0.15) is 0 Å². The van der Waals surface area contributed by atoms with Gasteiger partial charge in [0.15, 0.2) is 0 Å². The van der Waals surface area contributed by atoms with Crippen molar-refractivity contribution in [1.82, 2.24) is 0 Å². The van der Waals surface area contributed by atoms with Crippen LogP contribution in [-0.2, 0) is 0 Å². The van der Waals surface area contributed by atoms with Crippen LogP contribution >= 0.6 is 0 Å². The standard InChI is InChI=1S/C22H21NO3/c1-16(2)25-21-10-6-7-17(15-21)22(24)23-18-11-13-20(14-12-18)26-19-8-4-3-5-9-19/h3-16H,1-2H3,(H,23,24). The molecule has 132 valence electrons. The average Bonchev–Trinajstić information content (AvgIpc) is 2.64. The van der Waals surface area contributed by atoms with Gasteiger partial charge >= 0.3 is 0 Å². The number of benzene rings is 3. The van der Waals surface area contributed by atoms with E-state index in [2.05, 4.69) is 5.32 Å². The van der Waals surface area contributed by atoms with Gasteiger partial charge in [-0.15, -0.1) is 0 Å². The Morgan fingerprint density at radius 2 is 1.46 bits per heavy atom. The number of carbonyl (C=O) groups excluding carboxylic acids is 1. The van der Waals surface area contributed by atoms with E-state index >= 15 is 0 Å². The van der Waals surface area contributed by atoms with E-state index in [1.54, 1.807) is 12.1 Å². The van der Waals surface area contributed by atoms with E-state index in [9.17, 15) is 4.79 Å². The summed E-state index contributed by atoms with van der Waals surface area (Å²) in [7, 11) is 0. The summed E-state index contributed by atoms with van der Waals surface area (Å²) in [4.78, 5) is 12.4. The molecule has 0 aliphatic heterocycles. The Bertz CT molecular complexity index is 858. The Morgan fingerprint density at radius 3 is 2.15 bits per heavy atom. The topological polar surface area (TPSA) is 47.6 Å². The number of anilines is 1. The predicted molar refractivity (Wildman–Crippen MR) is 103 cm³/mol. The number of carbonyl (C=O) groups is 1. The van der Waals surface area contributed by atoms with Crippen molar-refractivity contribution in [3.8, 4) is 17.2 Å². The second-order valence-corrected chi connectivity index (χ2v) is 6.09. The lowest BCUT2D eigenvalue weighted by Gasteiger charge is -2.11. The first-order valence-corrected chi connectivity index (χ1v) is 8.51. The second kappa shape index (κ2) is 8.21. The number of para-hydroxylation sites is 1. The van der Waals surface area contributed by atoms with E-state index in [0.717, 1.165) is 5.75 Å². The van der Waals surface area contributed by atoms with Crippen LogP contribution in [0.1, 0.15) is 24.2 Å². The smallest absolute Gasteiger partial charge is 0.255 e. The van der Waals surface area contributed by atoms with Crippen molar-refractivity contribution < 1.29 is 14.3 Å². The zero-order chi connectivity index (χ0) is 18.4. The second-order valence-electron chi connectivity index (χ2n) is 6.09. The maximum absolute atomic E-state index is 12.4. The van der Waals surface area contributed by atoms with Gasteiger partial charge in [-0.1, -0.05) is 24.3 Å². The van der Waals surface area contributed by atoms with Crippen LogP contribution in [-0.4, -0.2) is 12.0 Å². The highest BCUT2D eigenvalue weighted by Crippen LogP contribution is 2.23. The Kier molecular flexibility index (Phi) is 5.54. The van der Waals surface area contributed by atoms with Gasteiger partial charge in [0, 0.05) is 11.3 Å². The van der Waals surface area contributed by atoms with Gasteiger partial charge in [0.05, 0.1) is 6.10 Å². The molecule has 0 atom stereocenters. The molecular weight excluding hydrogens is 326 g/mol. The summed E-state index contributed by atoms with van der Waals surface area (Å²) in [5.74, 6) is 1.97. The number of hydrogen-bond donors (Lipinski definition) is 1. The van der Waals surface area contributed by atoms with Gasteiger partial charge in [0.2, 0.25) is 0 Å². The number of nitrogens with one attached hydrogen (secondary N) is 1. The van der Waals surface area contributed by atoms with Crippen LogP contribution in [0.2, 0.25) is 0 Å². The average molecular weight is 347 g/mol. The van der Waals surface area contributed by atoms with E-state index < -0.39 is 0 Å². The molecule has 0 spiro atoms. The quantitative estimate of drug-likeness (QED) is 0.639. The van der Waals surface area contributed by atoms with Gasteiger partial charge in [-0.3, -0.25) is 4.79 Å². The fraction of sp³-hybridized carbons (Fsp3) is 0.136. The summed E-state index contributed by atoms with van der Waals surface area (Å²) in [6.07, 6.45) is 0.0606. The van der Waals surface area contributed by atoms with Gasteiger partial charge in [-0.25, -0.2) is 0 Å². The highest BCUT2D eigenvalue weighted by molar-refractivity contribution is 6.04. The Hall–Kier alpha value is -3.27. The molecule has 0 unspecified atom stereocenters. The van der Waals surface area contributed by atoms with Crippen molar-refractivity contribution in [3.05, 3.63) is 84.4 Å². The highest BCUT2D eigenvalue weighted by Gasteiger charge is 2.08. The molecule has 3 aromatic carbocycles. The van der Waals surface area contributed by atoms with Crippen molar-refractivity contribution in [3.63, 3.8) is 0 Å². The Balaban J connectivity index is 1.64. The molecule has 4 nitrogen and oxygen atoms in total. The predicted octanol–water partition coefficient (Wildman–Crippen LogP) is 5.52. The molecule has 0 bridgehead atoms. The van der Waals surface area contributed by atoms with Crippen molar-refractivity contribution in [1.29, 1.82) is 0 Å². The van der Waals surface area contributed by atoms with Crippen LogP contribution in [0.15, 0.2) is 78.9 Å². The van der Waals surface area contributed by atoms with Crippen molar-refractivity contribution in [2.45, 2.75) is 20.0 Å². The van der Waals surface area contributed by atoms with Crippen molar-refractivity contribution >= 4 is 11.6 Å². The summed E-state index contributed by atoms with van der Waals surface area (Å²) >= 11 is 0. The number of hydrogen-bond acceptors (Lipinski definition) is 3. The molecule has 4 heteroatoms. The molecule has 1 amide bonds. The lowest BCUT2D eigenvalue weighted by Crippen LogP contribution is -2.12. The first kappa shape index (κ1) is 17.5. The van der Waals surface area contributed by atoms with Crippen LogP contribution < -0.4 is 14.8 Å². The first-order valence-electron chi connectivity index (χ1n) is 8.51. The van der Waals surface area contributed by atoms with Gasteiger partial charge in [-0.05, 0) is 68.4 Å². The van der Waals surface area contributed by atoms with Crippen LogP contribution in [0.25, 0.3) is 0 Å². The highest BCUT2D eigenvalue weighted by atomic mass is 16.5. The van der Waals surface area contributed by atoms with Gasteiger partial charge < -0.3 is 14.8 Å². The molecular formula is C22H21NO3. The third-order valence-electron chi connectivity index (χ3n) is 3.56. The van der Waals surface area contributed by atoms with Crippen LogP contribution in [0, 0.1) is 0 Å². The number of rotatable bonds is 6. The molecule has 0 saturated carbocycles. The molecule has 0 fully saturated rings. The summed E-state index contributed by atoms with van der Waals surface area (Å²) in [6.45, 7) is 3.90. The van der Waals surface area contributed by atoms with Gasteiger partial charge in [0.25, 0.3) is 5.91 Å². The molecule has 3 aromatic rings. The summed E-state index contributed by atoms with van der Waals surface area (Å²) in [6, 6.07) is 24.0. The van der Waals surface area contributed by atoms with E-state index in [4.69, 9.17) is 9.47 Å². The van der Waals surface area contributed by atoms with E-state index in [1.807, 2.05) is 80.6 Å². The normalized spacial score (nSPS) is 10.4. The minimum Gasteiger partial charge on any atom is -0.491 e. The minimum atomic E-state index is -0.184. The molecule has 0 saturated heterocycles. The summed E-state index contributed by atoms with van der Waals surface area (Å²) in [5.41, 5.74) is 1.25. The van der Waals surface area contributed by atoms with E-state index in [1.165, 1.54) is 0 Å². The first-order chi connectivity index (χ1) is 12.6. The Labute approximate surface area is 153 Å². The fourth-order valence-electron chi connectivity index (χ4n) is 2.42. The molecule has 0 radical (unpaired) electrons. The molecule has 26 heavy (non-hydrogen) atoms. The van der Waals surface area contributed by atoms with Gasteiger partial charge in [0.1, 0.15) is 17.2 Å². The molecule has 0 aromatic heterocycles. The molecule has 3 rings (SSSR count). The lowest BCUT2D eigenvalue weighted by atomic mass is 10.2. The molecule has 0 aliphatic rings. The molecule has 1 N–H and O–H groups in total. The number of ether oxygens (including phenoxy) is 2. The monoisotopic (exact) mass is 347 g/mol. The van der Waals surface area contributed by atoms with Crippen molar-refractivity contribution in [2.24, 2.45) is 0 Å². The lowest BCUT2D eigenvalue weighted by molar-refractivity contribution is 0.102. The summed E-state index contributed by atoms with van der Waals surface area (Å²) < 4.78 is 11.4. The van der Waals surface area contributed by atoms with Crippen LogP contribution in [0.3, 0.4) is 0 Å². The zero-order valence-corrected chi connectivity index (χ0v) is 14.8. The molecule has 0 aliphatic carbocycles. The van der Waals surface area contributed by atoms with Crippen LogP contribution in [0.4, 0.5) is 5.69 Å². The zero-order valence-electron chi connectivity index (χ0n) is 14.8. The maximum Gasteiger partial charge on any atom is 0.255 e. The van der Waals surface area contributed by atoms with E-state index in [-0.39, 0.29) is 12.0 Å². The fourth-order valence-corrected chi connectivity index (χ4v) is 2.42. The minimum absolute atomic E-state index is 0.0606. The molecule has 0 heterocycles.